The summed E-state index contributed by atoms with van der Waals surface area (Å²) in [5.74, 6) is -8.75. The number of urea groups is 2. The number of hydrogen-bond acceptors (Lipinski definition) is 16. The first-order valence-electron chi connectivity index (χ1n) is 32.5. The quantitative estimate of drug-likeness (QED) is 0.0501. The normalized spacial score (nSPS) is 27.5. The maximum absolute atomic E-state index is 16.7. The van der Waals surface area contributed by atoms with Gasteiger partial charge in [-0.2, -0.15) is 26.3 Å². The van der Waals surface area contributed by atoms with Gasteiger partial charge in [0.05, 0.1) is 100 Å². The van der Waals surface area contributed by atoms with Crippen LogP contribution < -0.4 is 19.3 Å². The number of esters is 4. The van der Waals surface area contributed by atoms with Crippen LogP contribution >= 0.6 is 63.7 Å². The molecule has 0 N–H and O–H groups in total. The summed E-state index contributed by atoms with van der Waals surface area (Å²) in [6.45, 7) is 3.77. The number of amides is 4. The summed E-state index contributed by atoms with van der Waals surface area (Å²) < 4.78 is 135. The number of hydrogen-bond donors (Lipinski definition) is 0. The Labute approximate surface area is 614 Å². The smallest absolute Gasteiger partial charge is 0.417 e. The molecule has 6 aromatic carbocycles. The van der Waals surface area contributed by atoms with Gasteiger partial charge < -0.3 is 47.9 Å². The van der Waals surface area contributed by atoms with Gasteiger partial charge in [-0.15, -0.1) is 0 Å². The van der Waals surface area contributed by atoms with Crippen LogP contribution in [0.5, 0.6) is 11.5 Å². The van der Waals surface area contributed by atoms with Crippen LogP contribution in [0.25, 0.3) is 0 Å². The van der Waals surface area contributed by atoms with E-state index in [1.807, 2.05) is 0 Å². The first kappa shape index (κ1) is 72.1. The number of carbonyl (C=O) groups excluding carboxylic acids is 6. The number of methoxy groups -OCH3 is 2. The fourth-order valence-corrected chi connectivity index (χ4v) is 18.6. The van der Waals surface area contributed by atoms with Gasteiger partial charge in [0.25, 0.3) is 0 Å². The molecule has 2 saturated heterocycles. The Morgan fingerprint density at radius 1 is 0.480 bits per heavy atom. The van der Waals surface area contributed by atoms with Crippen LogP contribution in [0.15, 0.2) is 162 Å². The Balaban J connectivity index is 0.000000182. The summed E-state index contributed by atoms with van der Waals surface area (Å²) in [5, 5.41) is 8.59. The van der Waals surface area contributed by atoms with E-state index in [2.05, 4.69) is 74.0 Å². The van der Waals surface area contributed by atoms with Gasteiger partial charge in [-0.25, -0.2) is 19.2 Å². The molecule has 6 aromatic rings. The topological polar surface area (TPSA) is 214 Å². The zero-order valence-corrected chi connectivity index (χ0v) is 61.6. The average molecular weight is 1670 g/mol. The predicted octanol–water partition coefficient (Wildman–Crippen LogP) is 14.7. The van der Waals surface area contributed by atoms with E-state index in [1.165, 1.54) is 62.1 Å². The van der Waals surface area contributed by atoms with Crippen LogP contribution in [0.3, 0.4) is 0 Å². The number of ether oxygens (including phenoxy) is 6. The molecule has 14 rings (SSSR count). The number of benzene rings is 6. The van der Waals surface area contributed by atoms with Crippen LogP contribution in [0.4, 0.5) is 47.3 Å². The van der Waals surface area contributed by atoms with Crippen molar-refractivity contribution in [2.45, 2.75) is 88.3 Å². The molecule has 536 valence electrons. The lowest BCUT2D eigenvalue weighted by molar-refractivity contribution is -0.258. The van der Waals surface area contributed by atoms with E-state index in [-0.39, 0.29) is 82.4 Å². The first-order chi connectivity index (χ1) is 48.6. The van der Waals surface area contributed by atoms with Crippen molar-refractivity contribution >= 4 is 122 Å². The van der Waals surface area contributed by atoms with Crippen molar-refractivity contribution in [1.29, 1.82) is 0 Å². The van der Waals surface area contributed by atoms with Gasteiger partial charge in [-0.1, -0.05) is 123 Å². The number of alkyl halides is 6. The summed E-state index contributed by atoms with van der Waals surface area (Å²) in [7, 11) is 3.01. The molecule has 0 bridgehead atoms. The molecule has 30 heteroatoms. The second-order valence-corrected chi connectivity index (χ2v) is 29.2. The van der Waals surface area contributed by atoms with Crippen molar-refractivity contribution in [2.24, 2.45) is 44.8 Å². The van der Waals surface area contributed by atoms with E-state index in [4.69, 9.17) is 38.1 Å². The molecular weight excluding hydrogens is 1610 g/mol. The lowest BCUT2D eigenvalue weighted by Crippen LogP contribution is -2.69. The number of rotatable bonds is 16. The molecule has 10 atom stereocenters. The van der Waals surface area contributed by atoms with Crippen LogP contribution in [0.2, 0.25) is 0 Å². The van der Waals surface area contributed by atoms with Crippen LogP contribution in [0, 0.1) is 34.5 Å². The maximum Gasteiger partial charge on any atom is 0.417 e. The SMILES string of the molecule is CCOC(=O)[C@@]12ON=C(c3ccc(Br)cc3)[C@@H]1C[C@]1(C(=O)OCC)[C@H]2CN2C(=O)N(Cc3ccc(OC)cc3)c3ccc(Br)cc3[C@@]21C(F)(F)F.CCOC(=O)[C@]12ON=C(c3ccc(Br)cc3)[C@H]1C[C@@]1(C(=O)OCC)[C@@H]2CN2C(=O)N(Cc3ccc(OC)cc3)c3ccc(Br)cc3[C@]21C(F)(F)F. The average Bonchev–Trinajstić information content (AvgIpc) is 1.47. The van der Waals surface area contributed by atoms with Gasteiger partial charge in [0.1, 0.15) is 22.3 Å². The third kappa shape index (κ3) is 10.2. The second-order valence-electron chi connectivity index (χ2n) is 25.6. The molecule has 6 heterocycles. The van der Waals surface area contributed by atoms with Crippen molar-refractivity contribution in [1.82, 2.24) is 9.80 Å². The van der Waals surface area contributed by atoms with Crippen LogP contribution in [-0.4, -0.2) is 134 Å². The highest BCUT2D eigenvalue weighted by Crippen LogP contribution is 2.77. The molecule has 2 aliphatic carbocycles. The van der Waals surface area contributed by atoms with Gasteiger partial charge in [-0.05, 0) is 148 Å². The van der Waals surface area contributed by atoms with Gasteiger partial charge in [0, 0.05) is 42.1 Å². The standard InChI is InChI=1S/2C36H32Br2F3N3O7/c2*1-4-49-30(45)33-17-26-29(21-8-10-22(37)11-9-21)42-51-34(26,31(46)50-5-2)28(33)19-44-32(47)43(18-20-6-13-24(48-3)14-7-20)27-15-12-23(38)16-25(27)35(33,44)36(39,40)41/h2*6-16,26,28H,4-5,17-19H2,1-3H3/t2*26-,28+,33+,34+,35+/m10/s1. The van der Waals surface area contributed by atoms with Crippen molar-refractivity contribution in [3.8, 4) is 11.5 Å². The maximum atomic E-state index is 16.7. The Bertz CT molecular complexity index is 4160. The van der Waals surface area contributed by atoms with Crippen molar-refractivity contribution in [3.63, 3.8) is 0 Å². The third-order valence-corrected chi connectivity index (χ3v) is 23.2. The van der Waals surface area contributed by atoms with Crippen LogP contribution in [0.1, 0.15) is 73.9 Å². The molecule has 2 saturated carbocycles. The van der Waals surface area contributed by atoms with Gasteiger partial charge in [0.2, 0.25) is 11.2 Å². The zero-order valence-electron chi connectivity index (χ0n) is 55.3. The number of nitrogens with zero attached hydrogens (tertiary/aromatic N) is 6. The molecule has 102 heavy (non-hydrogen) atoms. The van der Waals surface area contributed by atoms with E-state index < -0.39 is 131 Å². The van der Waals surface area contributed by atoms with Gasteiger partial charge >= 0.3 is 48.3 Å². The minimum atomic E-state index is -5.27. The number of fused-ring (bicyclic) bond motifs is 14. The Morgan fingerprint density at radius 3 is 1.12 bits per heavy atom. The van der Waals surface area contributed by atoms with Crippen molar-refractivity contribution < 1.29 is 93.2 Å². The zero-order chi connectivity index (χ0) is 73.0. The summed E-state index contributed by atoms with van der Waals surface area (Å²) in [4.78, 5) is 103. The van der Waals surface area contributed by atoms with E-state index >= 15 is 26.3 Å². The number of anilines is 2. The molecule has 0 unspecified atom stereocenters. The number of carbonyl (C=O) groups is 6. The van der Waals surface area contributed by atoms with E-state index in [0.29, 0.717) is 43.6 Å². The second kappa shape index (κ2) is 26.5. The third-order valence-electron chi connectivity index (χ3n) is 21.2. The van der Waals surface area contributed by atoms with E-state index in [1.54, 1.807) is 123 Å². The highest BCUT2D eigenvalue weighted by molar-refractivity contribution is 9.11. The van der Waals surface area contributed by atoms with Crippen molar-refractivity contribution in [3.05, 3.63) is 185 Å². The summed E-state index contributed by atoms with van der Waals surface area (Å²) in [6.07, 6.45) is -11.7. The number of oxime groups is 2. The van der Waals surface area contributed by atoms with Gasteiger partial charge in [0.15, 0.2) is 11.1 Å². The molecule has 8 aliphatic rings. The van der Waals surface area contributed by atoms with Gasteiger partial charge in [-0.3, -0.25) is 19.4 Å². The van der Waals surface area contributed by atoms with Crippen LogP contribution in [-0.2, 0) is 72.0 Å². The molecular formula is C72H64Br4F6N6O14. The first-order valence-corrected chi connectivity index (χ1v) is 35.7. The molecule has 20 nitrogen and oxygen atoms in total. The molecule has 0 spiro atoms. The molecule has 0 radical (unpaired) electrons. The molecule has 0 aromatic heterocycles. The molecule has 4 fully saturated rings. The highest BCUT2D eigenvalue weighted by Gasteiger charge is 2.93. The summed E-state index contributed by atoms with van der Waals surface area (Å²) >= 11 is 13.5. The predicted molar refractivity (Wildman–Crippen MR) is 370 cm³/mol. The monoisotopic (exact) mass is 1670 g/mol. The van der Waals surface area contributed by atoms with Crippen molar-refractivity contribution in [2.75, 3.05) is 63.5 Å². The lowest BCUT2D eigenvalue weighted by Gasteiger charge is -2.53. The fraction of sp³-hybridized carbons (Fsp3) is 0.389. The largest absolute Gasteiger partial charge is 0.497 e. The highest BCUT2D eigenvalue weighted by atomic mass is 79.9. The lowest BCUT2D eigenvalue weighted by atomic mass is 9.60. The van der Waals surface area contributed by atoms with E-state index in [9.17, 15) is 28.8 Å². The minimum Gasteiger partial charge on any atom is -0.497 e. The fourth-order valence-electron chi connectivity index (χ4n) is 17.4. The molecule has 6 aliphatic heterocycles. The summed E-state index contributed by atoms with van der Waals surface area (Å²) in [5.41, 5.74) is -14.3. The minimum absolute atomic E-state index is 0.0399. The Morgan fingerprint density at radius 2 is 0.804 bits per heavy atom. The molecule has 4 amide bonds. The van der Waals surface area contributed by atoms with E-state index in [0.717, 1.165) is 8.95 Å². The summed E-state index contributed by atoms with van der Waals surface area (Å²) in [6, 6.07) is 33.8. The Kier molecular flexibility index (Phi) is 18.7. The number of halogens is 10. The Hall–Kier alpha value is -8.22.